The molecule has 24 heavy (non-hydrogen) atoms. The molecule has 0 fully saturated rings. The van der Waals surface area contributed by atoms with Crippen LogP contribution in [0, 0.1) is 0 Å². The summed E-state index contributed by atoms with van der Waals surface area (Å²) in [5, 5.41) is 3.56. The Labute approximate surface area is 143 Å². The number of ether oxygens (including phenoxy) is 1. The maximum atomic E-state index is 5.83. The van der Waals surface area contributed by atoms with E-state index in [9.17, 15) is 0 Å². The van der Waals surface area contributed by atoms with E-state index >= 15 is 0 Å². The molecule has 1 atom stereocenters. The minimum Gasteiger partial charge on any atom is -0.457 e. The number of hydrogen-bond donors (Lipinski definition) is 1. The molecule has 0 saturated heterocycles. The van der Waals surface area contributed by atoms with Crippen LogP contribution in [0.4, 0.5) is 5.69 Å². The van der Waals surface area contributed by atoms with Gasteiger partial charge >= 0.3 is 0 Å². The molecule has 2 nitrogen and oxygen atoms in total. The third-order valence-corrected chi connectivity index (χ3v) is 3.78. The van der Waals surface area contributed by atoms with E-state index in [1.54, 1.807) is 0 Å². The molecule has 3 aromatic carbocycles. The molecule has 0 aliphatic carbocycles. The highest BCUT2D eigenvalue weighted by molar-refractivity contribution is 5.49. The lowest BCUT2D eigenvalue weighted by Crippen LogP contribution is -2.09. The Morgan fingerprint density at radius 3 is 2.00 bits per heavy atom. The van der Waals surface area contributed by atoms with Crippen LogP contribution in [0.1, 0.15) is 18.0 Å². The van der Waals surface area contributed by atoms with Gasteiger partial charge in [0, 0.05) is 5.69 Å². The van der Waals surface area contributed by atoms with Gasteiger partial charge in [-0.15, -0.1) is 6.58 Å². The first-order valence-corrected chi connectivity index (χ1v) is 8.10. The second kappa shape index (κ2) is 8.02. The fraction of sp³-hybridized carbons (Fsp3) is 0.0909. The first kappa shape index (κ1) is 15.9. The van der Waals surface area contributed by atoms with Crippen molar-refractivity contribution >= 4 is 5.69 Å². The molecule has 3 aromatic rings. The molecule has 0 heterocycles. The number of benzene rings is 3. The number of hydrogen-bond acceptors (Lipinski definition) is 2. The number of anilines is 1. The molecule has 0 bridgehead atoms. The van der Waals surface area contributed by atoms with Crippen LogP contribution in [0.25, 0.3) is 0 Å². The first-order valence-electron chi connectivity index (χ1n) is 8.10. The Hall–Kier alpha value is -3.00. The summed E-state index contributed by atoms with van der Waals surface area (Å²) in [5.41, 5.74) is 2.31. The molecular weight excluding hydrogens is 294 g/mol. The summed E-state index contributed by atoms with van der Waals surface area (Å²) < 4.78 is 5.83. The van der Waals surface area contributed by atoms with Gasteiger partial charge in [0.2, 0.25) is 0 Å². The molecule has 1 N–H and O–H groups in total. The zero-order valence-electron chi connectivity index (χ0n) is 13.6. The van der Waals surface area contributed by atoms with Gasteiger partial charge in [-0.25, -0.2) is 0 Å². The highest BCUT2D eigenvalue weighted by Crippen LogP contribution is 2.26. The van der Waals surface area contributed by atoms with E-state index in [0.717, 1.165) is 23.6 Å². The van der Waals surface area contributed by atoms with E-state index in [2.05, 4.69) is 36.2 Å². The Balaban J connectivity index is 1.69. The summed E-state index contributed by atoms with van der Waals surface area (Å²) in [7, 11) is 0. The Morgan fingerprint density at radius 2 is 1.38 bits per heavy atom. The van der Waals surface area contributed by atoms with Gasteiger partial charge in [0.25, 0.3) is 0 Å². The SMILES string of the molecule is C=CC[C@@H](Nc1ccc(Oc2ccccc2)cc1)c1ccccc1. The van der Waals surface area contributed by atoms with Crippen LogP contribution >= 0.6 is 0 Å². The summed E-state index contributed by atoms with van der Waals surface area (Å²) in [4.78, 5) is 0. The van der Waals surface area contributed by atoms with Crippen molar-refractivity contribution in [1.29, 1.82) is 0 Å². The molecule has 0 aliphatic heterocycles. The molecule has 120 valence electrons. The standard InChI is InChI=1S/C22H21NO/c1-2-9-22(18-10-5-3-6-11-18)23-19-14-16-21(17-15-19)24-20-12-7-4-8-13-20/h2-8,10-17,22-23H,1,9H2/t22-/m1/s1. The fourth-order valence-electron chi connectivity index (χ4n) is 2.58. The van der Waals surface area contributed by atoms with E-state index in [1.807, 2.05) is 66.7 Å². The van der Waals surface area contributed by atoms with E-state index < -0.39 is 0 Å². The van der Waals surface area contributed by atoms with E-state index in [1.165, 1.54) is 5.56 Å². The molecule has 0 amide bonds. The van der Waals surface area contributed by atoms with Crippen LogP contribution in [0.15, 0.2) is 97.6 Å². The highest BCUT2D eigenvalue weighted by Gasteiger charge is 2.09. The Morgan fingerprint density at radius 1 is 0.792 bits per heavy atom. The van der Waals surface area contributed by atoms with Crippen LogP contribution in [-0.2, 0) is 0 Å². The van der Waals surface area contributed by atoms with Crippen LogP contribution in [0.5, 0.6) is 11.5 Å². The van der Waals surface area contributed by atoms with E-state index in [-0.39, 0.29) is 6.04 Å². The van der Waals surface area contributed by atoms with Gasteiger partial charge in [0.15, 0.2) is 0 Å². The summed E-state index contributed by atoms with van der Waals surface area (Å²) in [6.07, 6.45) is 2.81. The van der Waals surface area contributed by atoms with Gasteiger partial charge in [-0.3, -0.25) is 0 Å². The van der Waals surface area contributed by atoms with Crippen LogP contribution in [0.2, 0.25) is 0 Å². The quantitative estimate of drug-likeness (QED) is 0.523. The molecule has 0 aromatic heterocycles. The molecule has 0 saturated carbocycles. The van der Waals surface area contributed by atoms with Gasteiger partial charge in [-0.1, -0.05) is 54.6 Å². The van der Waals surface area contributed by atoms with Gasteiger partial charge < -0.3 is 10.1 Å². The van der Waals surface area contributed by atoms with Crippen molar-refractivity contribution in [2.45, 2.75) is 12.5 Å². The lowest BCUT2D eigenvalue weighted by Gasteiger charge is -2.19. The summed E-state index contributed by atoms with van der Waals surface area (Å²) in [5.74, 6) is 1.67. The summed E-state index contributed by atoms with van der Waals surface area (Å²) >= 11 is 0. The first-order chi connectivity index (χ1) is 11.8. The van der Waals surface area contributed by atoms with Gasteiger partial charge in [0.05, 0.1) is 6.04 Å². The van der Waals surface area contributed by atoms with E-state index in [4.69, 9.17) is 4.74 Å². The number of nitrogens with one attached hydrogen (secondary N) is 1. The monoisotopic (exact) mass is 315 g/mol. The summed E-state index contributed by atoms with van der Waals surface area (Å²) in [6, 6.07) is 28.5. The molecule has 0 radical (unpaired) electrons. The van der Waals surface area contributed by atoms with Gasteiger partial charge in [-0.2, -0.15) is 0 Å². The lowest BCUT2D eigenvalue weighted by atomic mass is 10.0. The van der Waals surface area contributed by atoms with Crippen molar-refractivity contribution in [3.8, 4) is 11.5 Å². The van der Waals surface area contributed by atoms with Gasteiger partial charge in [-0.05, 0) is 48.4 Å². The molecule has 0 unspecified atom stereocenters. The average molecular weight is 315 g/mol. The maximum Gasteiger partial charge on any atom is 0.127 e. The zero-order valence-corrected chi connectivity index (χ0v) is 13.6. The van der Waals surface area contributed by atoms with Crippen molar-refractivity contribution in [3.63, 3.8) is 0 Å². The molecular formula is C22H21NO. The maximum absolute atomic E-state index is 5.83. The smallest absolute Gasteiger partial charge is 0.127 e. The third kappa shape index (κ3) is 4.26. The second-order valence-electron chi connectivity index (χ2n) is 5.57. The highest BCUT2D eigenvalue weighted by atomic mass is 16.5. The van der Waals surface area contributed by atoms with Crippen LogP contribution in [0.3, 0.4) is 0 Å². The summed E-state index contributed by atoms with van der Waals surface area (Å²) in [6.45, 7) is 3.87. The average Bonchev–Trinajstić information content (AvgIpc) is 2.64. The molecule has 2 heteroatoms. The topological polar surface area (TPSA) is 21.3 Å². The fourth-order valence-corrected chi connectivity index (χ4v) is 2.58. The molecule has 0 aliphatic rings. The minimum atomic E-state index is 0.213. The zero-order chi connectivity index (χ0) is 16.6. The van der Waals surface area contributed by atoms with Crippen LogP contribution in [-0.4, -0.2) is 0 Å². The minimum absolute atomic E-state index is 0.213. The number of para-hydroxylation sites is 1. The molecule has 3 rings (SSSR count). The van der Waals surface area contributed by atoms with Crippen molar-refractivity contribution in [2.24, 2.45) is 0 Å². The van der Waals surface area contributed by atoms with Crippen molar-refractivity contribution in [1.82, 2.24) is 0 Å². The molecule has 0 spiro atoms. The van der Waals surface area contributed by atoms with E-state index in [0.29, 0.717) is 0 Å². The van der Waals surface area contributed by atoms with Crippen molar-refractivity contribution in [2.75, 3.05) is 5.32 Å². The van der Waals surface area contributed by atoms with Gasteiger partial charge in [0.1, 0.15) is 11.5 Å². The lowest BCUT2D eigenvalue weighted by molar-refractivity contribution is 0.483. The third-order valence-electron chi connectivity index (χ3n) is 3.78. The Kier molecular flexibility index (Phi) is 5.31. The Bertz CT molecular complexity index is 751. The van der Waals surface area contributed by atoms with Crippen molar-refractivity contribution in [3.05, 3.63) is 103 Å². The van der Waals surface area contributed by atoms with Crippen LogP contribution < -0.4 is 10.1 Å². The normalized spacial score (nSPS) is 11.5. The predicted octanol–water partition coefficient (Wildman–Crippen LogP) is 6.21. The van der Waals surface area contributed by atoms with Crippen molar-refractivity contribution < 1.29 is 4.74 Å². The largest absolute Gasteiger partial charge is 0.457 e. The second-order valence-corrected chi connectivity index (χ2v) is 5.57. The predicted molar refractivity (Wildman–Crippen MR) is 101 cm³/mol. The number of rotatable bonds is 7.